The van der Waals surface area contributed by atoms with Gasteiger partial charge >= 0.3 is 12.1 Å². The molecule has 5 amide bonds. The van der Waals surface area contributed by atoms with E-state index < -0.39 is 0 Å². The summed E-state index contributed by atoms with van der Waals surface area (Å²) in [4.78, 5) is 41.9. The van der Waals surface area contributed by atoms with Crippen LogP contribution in [0.5, 0.6) is 0 Å². The van der Waals surface area contributed by atoms with Crippen molar-refractivity contribution in [3.63, 3.8) is 0 Å². The molecular weight excluding hydrogens is 418 g/mol. The number of piperidine rings is 1. The van der Waals surface area contributed by atoms with E-state index in [1.807, 2.05) is 24.0 Å². The van der Waals surface area contributed by atoms with Gasteiger partial charge in [0, 0.05) is 38.3 Å². The molecule has 180 valence electrons. The predicted octanol–water partition coefficient (Wildman–Crippen LogP) is 3.86. The van der Waals surface area contributed by atoms with E-state index in [9.17, 15) is 14.4 Å². The number of rotatable bonds is 4. The summed E-state index contributed by atoms with van der Waals surface area (Å²) in [6.07, 6.45) is 9.26. The van der Waals surface area contributed by atoms with Crippen LogP contribution in [0.2, 0.25) is 0 Å². The fourth-order valence-electron chi connectivity index (χ4n) is 5.17. The summed E-state index contributed by atoms with van der Waals surface area (Å²) in [5.74, 6) is -0.0154. The lowest BCUT2D eigenvalue weighted by Crippen LogP contribution is -2.51. The smallest absolute Gasteiger partial charge is 0.321 e. The SMILES string of the molecule is Cc1cccc(C(=O)N2CCCC2)c1NC(=O)N1CCC(NC(=O)NC2CCCCC2)CC1. The third-order valence-electron chi connectivity index (χ3n) is 7.19. The van der Waals surface area contributed by atoms with Gasteiger partial charge in [-0.25, -0.2) is 9.59 Å². The molecule has 2 saturated heterocycles. The lowest BCUT2D eigenvalue weighted by molar-refractivity contribution is 0.0793. The molecule has 8 nitrogen and oxygen atoms in total. The van der Waals surface area contributed by atoms with Crippen LogP contribution in [0.4, 0.5) is 15.3 Å². The van der Waals surface area contributed by atoms with E-state index in [0.717, 1.165) is 57.2 Å². The van der Waals surface area contributed by atoms with Crippen LogP contribution in [0.1, 0.15) is 73.7 Å². The molecule has 0 spiro atoms. The zero-order chi connectivity index (χ0) is 23.2. The molecule has 0 atom stereocenters. The molecule has 1 aromatic rings. The van der Waals surface area contributed by atoms with E-state index >= 15 is 0 Å². The van der Waals surface area contributed by atoms with E-state index in [2.05, 4.69) is 16.0 Å². The Morgan fingerprint density at radius 2 is 1.42 bits per heavy atom. The van der Waals surface area contributed by atoms with Gasteiger partial charge in [0.2, 0.25) is 0 Å². The molecule has 8 heteroatoms. The Balaban J connectivity index is 1.29. The first-order chi connectivity index (χ1) is 16.0. The molecule has 0 aromatic heterocycles. The van der Waals surface area contributed by atoms with Gasteiger partial charge in [0.25, 0.3) is 5.91 Å². The quantitative estimate of drug-likeness (QED) is 0.644. The first-order valence-electron chi connectivity index (χ1n) is 12.5. The number of nitrogens with zero attached hydrogens (tertiary/aromatic N) is 2. The predicted molar refractivity (Wildman–Crippen MR) is 128 cm³/mol. The molecule has 0 unspecified atom stereocenters. The molecular formula is C25H37N5O3. The van der Waals surface area contributed by atoms with Gasteiger partial charge in [-0.3, -0.25) is 4.79 Å². The zero-order valence-corrected chi connectivity index (χ0v) is 19.7. The number of nitrogens with one attached hydrogen (secondary N) is 3. The number of para-hydroxylation sites is 1. The summed E-state index contributed by atoms with van der Waals surface area (Å²) in [5.41, 5.74) is 2.04. The minimum absolute atomic E-state index is 0.0154. The van der Waals surface area contributed by atoms with Gasteiger partial charge < -0.3 is 25.8 Å². The average molecular weight is 456 g/mol. The van der Waals surface area contributed by atoms with Crippen molar-refractivity contribution in [2.75, 3.05) is 31.5 Å². The van der Waals surface area contributed by atoms with Crippen LogP contribution >= 0.6 is 0 Å². The Labute approximate surface area is 196 Å². The molecule has 1 aliphatic carbocycles. The number of amides is 5. The Kier molecular flexibility index (Phi) is 7.73. The Hall–Kier alpha value is -2.77. The molecule has 2 aliphatic heterocycles. The van der Waals surface area contributed by atoms with Crippen LogP contribution < -0.4 is 16.0 Å². The maximum absolute atomic E-state index is 13.0. The Morgan fingerprint density at radius 3 is 2.09 bits per heavy atom. The minimum Gasteiger partial charge on any atom is -0.339 e. The molecule has 33 heavy (non-hydrogen) atoms. The van der Waals surface area contributed by atoms with Gasteiger partial charge in [0.05, 0.1) is 11.3 Å². The standard InChI is InChI=1S/C25H37N5O3/c1-18-8-7-11-21(23(31)29-14-5-6-15-29)22(18)28-25(33)30-16-12-20(13-17-30)27-24(32)26-19-9-3-2-4-10-19/h7-8,11,19-20H,2-6,9-10,12-17H2,1H3,(H,28,33)(H2,26,27,32). The van der Waals surface area contributed by atoms with Gasteiger partial charge in [0.15, 0.2) is 0 Å². The molecule has 4 rings (SSSR count). The monoisotopic (exact) mass is 455 g/mol. The highest BCUT2D eigenvalue weighted by molar-refractivity contribution is 6.04. The summed E-state index contributed by atoms with van der Waals surface area (Å²) in [5, 5.41) is 9.18. The summed E-state index contributed by atoms with van der Waals surface area (Å²) < 4.78 is 0. The molecule has 2 heterocycles. The number of benzene rings is 1. The number of carbonyl (C=O) groups excluding carboxylic acids is 3. The highest BCUT2D eigenvalue weighted by Gasteiger charge is 2.27. The first-order valence-corrected chi connectivity index (χ1v) is 12.5. The first kappa shape index (κ1) is 23.4. The van der Waals surface area contributed by atoms with E-state index in [-0.39, 0.29) is 30.1 Å². The maximum Gasteiger partial charge on any atom is 0.321 e. The maximum atomic E-state index is 13.0. The largest absolute Gasteiger partial charge is 0.339 e. The van der Waals surface area contributed by atoms with Gasteiger partial charge in [-0.15, -0.1) is 0 Å². The van der Waals surface area contributed by atoms with E-state index in [0.29, 0.717) is 24.3 Å². The van der Waals surface area contributed by atoms with Crippen LogP contribution in [-0.2, 0) is 0 Å². The number of carbonyl (C=O) groups is 3. The second-order valence-corrected chi connectivity index (χ2v) is 9.64. The molecule has 3 fully saturated rings. The lowest BCUT2D eigenvalue weighted by Gasteiger charge is -2.33. The van der Waals surface area contributed by atoms with Crippen molar-refractivity contribution >= 4 is 23.7 Å². The number of urea groups is 2. The van der Waals surface area contributed by atoms with Crippen LogP contribution in [0.25, 0.3) is 0 Å². The van der Waals surface area contributed by atoms with E-state index in [1.54, 1.807) is 11.0 Å². The Bertz CT molecular complexity index is 854. The summed E-state index contributed by atoms with van der Waals surface area (Å²) >= 11 is 0. The van der Waals surface area contributed by atoms with Gasteiger partial charge in [-0.2, -0.15) is 0 Å². The molecule has 0 bridgehead atoms. The van der Waals surface area contributed by atoms with Crippen LogP contribution in [0.3, 0.4) is 0 Å². The third-order valence-corrected chi connectivity index (χ3v) is 7.19. The minimum atomic E-state index is -0.190. The van der Waals surface area contributed by atoms with Crippen molar-refractivity contribution in [1.29, 1.82) is 0 Å². The number of hydrogen-bond acceptors (Lipinski definition) is 3. The third kappa shape index (κ3) is 5.97. The molecule has 3 N–H and O–H groups in total. The molecule has 1 aromatic carbocycles. The fraction of sp³-hybridized carbons (Fsp3) is 0.640. The molecule has 1 saturated carbocycles. The zero-order valence-electron chi connectivity index (χ0n) is 19.7. The van der Waals surface area contributed by atoms with Crippen LogP contribution in [0.15, 0.2) is 18.2 Å². The summed E-state index contributed by atoms with van der Waals surface area (Å²) in [6, 6.07) is 5.66. The van der Waals surface area contributed by atoms with Gasteiger partial charge in [0.1, 0.15) is 0 Å². The normalized spacial score (nSPS) is 19.9. The summed E-state index contributed by atoms with van der Waals surface area (Å²) in [6.45, 7) is 4.60. The average Bonchev–Trinajstić information content (AvgIpc) is 3.36. The van der Waals surface area contributed by atoms with Gasteiger partial charge in [-0.1, -0.05) is 31.4 Å². The van der Waals surface area contributed by atoms with Crippen LogP contribution in [0, 0.1) is 6.92 Å². The highest BCUT2D eigenvalue weighted by Crippen LogP contribution is 2.25. The van der Waals surface area contributed by atoms with E-state index in [1.165, 1.54) is 19.3 Å². The highest BCUT2D eigenvalue weighted by atomic mass is 16.2. The van der Waals surface area contributed by atoms with Crippen molar-refractivity contribution in [2.45, 2.75) is 76.8 Å². The van der Waals surface area contributed by atoms with Crippen molar-refractivity contribution in [3.8, 4) is 0 Å². The van der Waals surface area contributed by atoms with Crippen LogP contribution in [-0.4, -0.2) is 66.0 Å². The number of aryl methyl sites for hydroxylation is 1. The summed E-state index contributed by atoms with van der Waals surface area (Å²) in [7, 11) is 0. The molecule has 0 radical (unpaired) electrons. The van der Waals surface area contributed by atoms with Crippen molar-refractivity contribution in [3.05, 3.63) is 29.3 Å². The van der Waals surface area contributed by atoms with Gasteiger partial charge in [-0.05, 0) is 57.1 Å². The topological polar surface area (TPSA) is 93.8 Å². The molecule has 3 aliphatic rings. The second kappa shape index (κ2) is 10.9. The van der Waals surface area contributed by atoms with Crippen molar-refractivity contribution < 1.29 is 14.4 Å². The number of anilines is 1. The van der Waals surface area contributed by atoms with E-state index in [4.69, 9.17) is 0 Å². The van der Waals surface area contributed by atoms with Crippen molar-refractivity contribution in [2.24, 2.45) is 0 Å². The Morgan fingerprint density at radius 1 is 0.788 bits per heavy atom. The van der Waals surface area contributed by atoms with Crippen molar-refractivity contribution in [1.82, 2.24) is 20.4 Å². The lowest BCUT2D eigenvalue weighted by atomic mass is 9.96. The second-order valence-electron chi connectivity index (χ2n) is 9.64. The fourth-order valence-corrected chi connectivity index (χ4v) is 5.17. The number of hydrogen-bond donors (Lipinski definition) is 3. The number of likely N-dealkylation sites (tertiary alicyclic amines) is 2.